The summed E-state index contributed by atoms with van der Waals surface area (Å²) in [5.74, 6) is 0.639. The molecule has 1 N–H and O–H groups in total. The maximum absolute atomic E-state index is 11.9. The Morgan fingerprint density at radius 1 is 1.56 bits per heavy atom. The quantitative estimate of drug-likeness (QED) is 0.747. The zero-order chi connectivity index (χ0) is 11.1. The highest BCUT2D eigenvalue weighted by atomic mass is 16.2. The van der Waals surface area contributed by atoms with Gasteiger partial charge in [-0.3, -0.25) is 0 Å². The van der Waals surface area contributed by atoms with Gasteiger partial charge in [0, 0.05) is 25.3 Å². The van der Waals surface area contributed by atoms with Crippen LogP contribution in [0.5, 0.6) is 0 Å². The number of nitrogens with one attached hydrogen (secondary N) is 1. The van der Waals surface area contributed by atoms with Crippen molar-refractivity contribution in [3.05, 3.63) is 18.0 Å². The summed E-state index contributed by atoms with van der Waals surface area (Å²) in [5, 5.41) is 7.07. The van der Waals surface area contributed by atoms with E-state index in [2.05, 4.69) is 15.3 Å². The topological polar surface area (TPSA) is 50.2 Å². The Hall–Kier alpha value is -1.36. The molecule has 2 bridgehead atoms. The fraction of sp³-hybridized carbons (Fsp3) is 0.636. The maximum Gasteiger partial charge on any atom is 0.342 e. The summed E-state index contributed by atoms with van der Waals surface area (Å²) in [4.78, 5) is 14.3. The van der Waals surface area contributed by atoms with Crippen molar-refractivity contribution in [1.29, 1.82) is 0 Å². The van der Waals surface area contributed by atoms with Crippen LogP contribution in [0.4, 0.5) is 4.79 Å². The van der Waals surface area contributed by atoms with Crippen LogP contribution in [-0.2, 0) is 0 Å². The molecule has 3 atom stereocenters. The Balaban J connectivity index is 1.65. The first-order chi connectivity index (χ1) is 7.72. The van der Waals surface area contributed by atoms with Gasteiger partial charge in [-0.25, -0.2) is 4.79 Å². The molecule has 2 unspecified atom stereocenters. The zero-order valence-electron chi connectivity index (χ0n) is 9.39. The van der Waals surface area contributed by atoms with Gasteiger partial charge in [-0.2, -0.15) is 9.78 Å². The molecule has 0 radical (unpaired) electrons. The molecule has 3 rings (SSSR count). The van der Waals surface area contributed by atoms with Gasteiger partial charge in [-0.05, 0) is 31.4 Å². The van der Waals surface area contributed by atoms with Crippen molar-refractivity contribution in [2.75, 3.05) is 19.6 Å². The van der Waals surface area contributed by atoms with Crippen LogP contribution in [0.3, 0.4) is 0 Å². The lowest BCUT2D eigenvalue weighted by molar-refractivity contribution is 0.228. The van der Waals surface area contributed by atoms with Crippen molar-refractivity contribution < 1.29 is 4.79 Å². The fourth-order valence-electron chi connectivity index (χ4n) is 2.70. The number of carbonyl (C=O) groups is 1. The molecular weight excluding hydrogens is 204 g/mol. The molecule has 1 aromatic heterocycles. The minimum absolute atomic E-state index is 0.105. The minimum Gasteiger partial charge on any atom is -0.332 e. The number of fused-ring (bicyclic) bond motifs is 2. The molecule has 2 saturated heterocycles. The normalized spacial score (nSPS) is 31.9. The molecule has 1 aromatic rings. The Kier molecular flexibility index (Phi) is 2.21. The summed E-state index contributed by atoms with van der Waals surface area (Å²) in [6, 6.07) is 0.206. The van der Waals surface area contributed by atoms with Crippen LogP contribution < -0.4 is 5.32 Å². The molecule has 16 heavy (non-hydrogen) atoms. The summed E-state index contributed by atoms with van der Waals surface area (Å²) in [7, 11) is 0. The number of amides is 1. The van der Waals surface area contributed by atoms with Crippen molar-refractivity contribution in [3.8, 4) is 0 Å². The van der Waals surface area contributed by atoms with E-state index in [1.54, 1.807) is 12.4 Å². The van der Waals surface area contributed by atoms with Crippen LogP contribution in [0.25, 0.3) is 0 Å². The standard InChI is InChI=1S/C11H16N4O/c1-8-4-12-15(5-8)11(16)13-10-7-14-3-2-9(10)6-14/h4-5,9-10H,2-3,6-7H2,1H3,(H,13,16)/t9-,10?/m0/s1. The molecule has 0 saturated carbocycles. The summed E-state index contributed by atoms with van der Waals surface area (Å²) in [6.07, 6.45) is 4.66. The van der Waals surface area contributed by atoms with Crippen LogP contribution in [0.2, 0.25) is 0 Å². The van der Waals surface area contributed by atoms with Crippen LogP contribution in [0.1, 0.15) is 12.0 Å². The first-order valence-corrected chi connectivity index (χ1v) is 5.77. The Morgan fingerprint density at radius 3 is 3.00 bits per heavy atom. The van der Waals surface area contributed by atoms with E-state index in [0.29, 0.717) is 12.0 Å². The molecule has 86 valence electrons. The largest absolute Gasteiger partial charge is 0.342 e. The average molecular weight is 220 g/mol. The van der Waals surface area contributed by atoms with Gasteiger partial charge in [0.05, 0.1) is 6.20 Å². The second-order valence-corrected chi connectivity index (χ2v) is 4.83. The molecule has 3 heterocycles. The number of hydrogen-bond donors (Lipinski definition) is 1. The average Bonchev–Trinajstić information content (AvgIpc) is 2.92. The maximum atomic E-state index is 11.9. The molecule has 0 aliphatic carbocycles. The van der Waals surface area contributed by atoms with E-state index in [4.69, 9.17) is 0 Å². The van der Waals surface area contributed by atoms with Gasteiger partial charge in [0.25, 0.3) is 0 Å². The molecule has 5 heteroatoms. The van der Waals surface area contributed by atoms with E-state index in [-0.39, 0.29) is 6.03 Å². The molecule has 2 aliphatic heterocycles. The van der Waals surface area contributed by atoms with Crippen LogP contribution in [0.15, 0.2) is 12.4 Å². The highest BCUT2D eigenvalue weighted by Gasteiger charge is 2.38. The van der Waals surface area contributed by atoms with Crippen LogP contribution in [0, 0.1) is 12.8 Å². The van der Waals surface area contributed by atoms with Gasteiger partial charge >= 0.3 is 6.03 Å². The number of carbonyl (C=O) groups excluding carboxylic acids is 1. The zero-order valence-corrected chi connectivity index (χ0v) is 9.39. The van der Waals surface area contributed by atoms with Crippen molar-refractivity contribution in [1.82, 2.24) is 20.0 Å². The molecular formula is C11H16N4O. The molecule has 0 spiro atoms. The van der Waals surface area contributed by atoms with E-state index in [1.807, 2.05) is 6.92 Å². The number of aromatic nitrogens is 2. The number of piperidine rings is 1. The van der Waals surface area contributed by atoms with Crippen molar-refractivity contribution >= 4 is 6.03 Å². The second-order valence-electron chi connectivity index (χ2n) is 4.83. The van der Waals surface area contributed by atoms with E-state index in [1.165, 1.54) is 17.6 Å². The van der Waals surface area contributed by atoms with E-state index < -0.39 is 0 Å². The van der Waals surface area contributed by atoms with Gasteiger partial charge < -0.3 is 10.2 Å². The summed E-state index contributed by atoms with van der Waals surface area (Å²) < 4.78 is 1.39. The smallest absolute Gasteiger partial charge is 0.332 e. The third-order valence-corrected chi connectivity index (χ3v) is 3.56. The van der Waals surface area contributed by atoms with Crippen LogP contribution in [-0.4, -0.2) is 46.4 Å². The van der Waals surface area contributed by atoms with E-state index in [0.717, 1.165) is 18.7 Å². The second kappa shape index (κ2) is 3.59. The summed E-state index contributed by atoms with van der Waals surface area (Å²) in [6.45, 7) is 5.26. The lowest BCUT2D eigenvalue weighted by atomic mass is 10.0. The monoisotopic (exact) mass is 220 g/mol. The SMILES string of the molecule is Cc1cnn(C(=O)NC2CN3CC[C@H]2C3)c1. The van der Waals surface area contributed by atoms with Crippen LogP contribution >= 0.6 is 0 Å². The van der Waals surface area contributed by atoms with Crippen molar-refractivity contribution in [3.63, 3.8) is 0 Å². The minimum atomic E-state index is -0.105. The number of nitrogens with zero attached hydrogens (tertiary/aromatic N) is 3. The van der Waals surface area contributed by atoms with Gasteiger partial charge in [0.15, 0.2) is 0 Å². The molecule has 2 fully saturated rings. The van der Waals surface area contributed by atoms with E-state index in [9.17, 15) is 4.79 Å². The Bertz CT molecular complexity index is 414. The van der Waals surface area contributed by atoms with Gasteiger partial charge in [0.2, 0.25) is 0 Å². The highest BCUT2D eigenvalue weighted by molar-refractivity contribution is 5.76. The predicted octanol–water partition coefficient (Wildman–Crippen LogP) is 0.453. The Labute approximate surface area is 94.4 Å². The third-order valence-electron chi connectivity index (χ3n) is 3.56. The Morgan fingerprint density at radius 2 is 2.44 bits per heavy atom. The first-order valence-electron chi connectivity index (χ1n) is 5.77. The first kappa shape index (κ1) is 9.84. The van der Waals surface area contributed by atoms with Crippen molar-refractivity contribution in [2.45, 2.75) is 19.4 Å². The lowest BCUT2D eigenvalue weighted by Crippen LogP contribution is -2.45. The van der Waals surface area contributed by atoms with Gasteiger partial charge in [-0.1, -0.05) is 0 Å². The van der Waals surface area contributed by atoms with Gasteiger partial charge in [-0.15, -0.1) is 0 Å². The molecule has 1 amide bonds. The number of rotatable bonds is 1. The fourth-order valence-corrected chi connectivity index (χ4v) is 2.70. The summed E-state index contributed by atoms with van der Waals surface area (Å²) >= 11 is 0. The highest BCUT2D eigenvalue weighted by Crippen LogP contribution is 2.27. The third kappa shape index (κ3) is 1.61. The number of hydrogen-bond acceptors (Lipinski definition) is 3. The molecule has 5 nitrogen and oxygen atoms in total. The lowest BCUT2D eigenvalue weighted by Gasteiger charge is -2.22. The van der Waals surface area contributed by atoms with Crippen molar-refractivity contribution in [2.24, 2.45) is 5.92 Å². The summed E-state index contributed by atoms with van der Waals surface area (Å²) in [5.41, 5.74) is 1.01. The van der Waals surface area contributed by atoms with E-state index >= 15 is 0 Å². The molecule has 0 aromatic carbocycles. The molecule has 2 aliphatic rings. The van der Waals surface area contributed by atoms with Gasteiger partial charge in [0.1, 0.15) is 0 Å². The number of aryl methyl sites for hydroxylation is 1. The predicted molar refractivity (Wildman–Crippen MR) is 59.2 cm³/mol.